The van der Waals surface area contributed by atoms with Gasteiger partial charge in [0, 0.05) is 19.7 Å². The van der Waals surface area contributed by atoms with Crippen LogP contribution >= 0.6 is 12.2 Å². The van der Waals surface area contributed by atoms with Gasteiger partial charge in [-0.2, -0.15) is 5.10 Å². The number of hydrogen-bond donors (Lipinski definition) is 0. The van der Waals surface area contributed by atoms with Crippen molar-refractivity contribution in [1.29, 1.82) is 0 Å². The summed E-state index contributed by atoms with van der Waals surface area (Å²) >= 11 is 5.21. The molecule has 3 nitrogen and oxygen atoms in total. The molecule has 3 rings (SSSR count). The molecule has 0 spiro atoms. The molecule has 0 N–H and O–H groups in total. The van der Waals surface area contributed by atoms with Gasteiger partial charge in [-0.25, -0.2) is 13.5 Å². The topological polar surface area (TPSA) is 22.8 Å². The van der Waals surface area contributed by atoms with Crippen LogP contribution in [0.3, 0.4) is 0 Å². The van der Waals surface area contributed by atoms with Crippen molar-refractivity contribution in [2.75, 3.05) is 0 Å². The van der Waals surface area contributed by atoms with Crippen LogP contribution < -0.4 is 0 Å². The molecule has 102 valence electrons. The number of fused-ring (bicyclic) bond motifs is 1. The summed E-state index contributed by atoms with van der Waals surface area (Å²) in [5, 5.41) is 5.57. The van der Waals surface area contributed by atoms with Crippen molar-refractivity contribution in [2.24, 2.45) is 14.1 Å². The van der Waals surface area contributed by atoms with Crippen LogP contribution in [0.25, 0.3) is 22.2 Å². The van der Waals surface area contributed by atoms with Gasteiger partial charge in [0.25, 0.3) is 0 Å². The highest BCUT2D eigenvalue weighted by atomic mass is 32.1. The number of aromatic nitrogens is 3. The fraction of sp³-hybridized carbons (Fsp3) is 0.143. The number of hydrogen-bond acceptors (Lipinski definition) is 2. The zero-order chi connectivity index (χ0) is 14.4. The summed E-state index contributed by atoms with van der Waals surface area (Å²) in [7, 11) is 3.54. The maximum atomic E-state index is 13.5. The van der Waals surface area contributed by atoms with E-state index in [0.29, 0.717) is 21.4 Å². The number of halogens is 2. The van der Waals surface area contributed by atoms with Crippen LogP contribution in [0.1, 0.15) is 0 Å². The Balaban J connectivity index is 2.39. The van der Waals surface area contributed by atoms with Crippen molar-refractivity contribution in [3.63, 3.8) is 0 Å². The Bertz CT molecular complexity index is 880. The Hall–Kier alpha value is -2.08. The Morgan fingerprint density at radius 1 is 1.10 bits per heavy atom. The summed E-state index contributed by atoms with van der Waals surface area (Å²) in [6.07, 6.45) is 0. The Morgan fingerprint density at radius 3 is 2.45 bits per heavy atom. The summed E-state index contributed by atoms with van der Waals surface area (Å²) in [5.41, 5.74) is 0.718. The molecule has 2 aromatic carbocycles. The van der Waals surface area contributed by atoms with E-state index in [9.17, 15) is 8.78 Å². The van der Waals surface area contributed by atoms with Crippen LogP contribution in [0.15, 0.2) is 30.3 Å². The molecule has 0 saturated carbocycles. The average molecular weight is 291 g/mol. The van der Waals surface area contributed by atoms with Gasteiger partial charge >= 0.3 is 0 Å². The normalized spacial score (nSPS) is 11.2. The van der Waals surface area contributed by atoms with Gasteiger partial charge in [-0.15, -0.1) is 0 Å². The molecule has 6 heteroatoms. The molecule has 1 heterocycles. The minimum atomic E-state index is -0.873. The lowest BCUT2D eigenvalue weighted by Gasteiger charge is -2.06. The molecule has 3 aromatic rings. The lowest BCUT2D eigenvalue weighted by Crippen LogP contribution is -1.94. The monoisotopic (exact) mass is 291 g/mol. The van der Waals surface area contributed by atoms with E-state index in [1.54, 1.807) is 35.5 Å². The number of nitrogens with zero attached hydrogens (tertiary/aromatic N) is 3. The molecule has 0 radical (unpaired) electrons. The SMILES string of the molecule is Cn1nc(-c2cccc3cc(F)c(F)cc23)n(C)c1=S. The van der Waals surface area contributed by atoms with Crippen molar-refractivity contribution >= 4 is 23.0 Å². The van der Waals surface area contributed by atoms with E-state index in [2.05, 4.69) is 5.10 Å². The first-order valence-corrected chi connectivity index (χ1v) is 6.38. The Kier molecular flexibility index (Phi) is 2.90. The molecule has 0 aliphatic heterocycles. The molecule has 0 amide bonds. The lowest BCUT2D eigenvalue weighted by molar-refractivity contribution is 0.511. The second-order valence-electron chi connectivity index (χ2n) is 4.58. The van der Waals surface area contributed by atoms with Crippen LogP contribution in [-0.4, -0.2) is 14.3 Å². The quantitative estimate of drug-likeness (QED) is 0.639. The second-order valence-corrected chi connectivity index (χ2v) is 4.95. The third-order valence-corrected chi connectivity index (χ3v) is 3.83. The maximum absolute atomic E-state index is 13.5. The lowest BCUT2D eigenvalue weighted by atomic mass is 10.0. The third kappa shape index (κ3) is 1.84. The van der Waals surface area contributed by atoms with E-state index < -0.39 is 11.6 Å². The van der Waals surface area contributed by atoms with E-state index in [4.69, 9.17) is 12.2 Å². The molecule has 0 bridgehead atoms. The van der Waals surface area contributed by atoms with E-state index in [1.807, 2.05) is 6.07 Å². The van der Waals surface area contributed by atoms with Crippen molar-refractivity contribution in [1.82, 2.24) is 14.3 Å². The summed E-state index contributed by atoms with van der Waals surface area (Å²) in [6, 6.07) is 7.71. The molecule has 0 fully saturated rings. The highest BCUT2D eigenvalue weighted by molar-refractivity contribution is 7.71. The van der Waals surface area contributed by atoms with Gasteiger partial charge in [-0.1, -0.05) is 18.2 Å². The second kappa shape index (κ2) is 4.49. The fourth-order valence-corrected chi connectivity index (χ4v) is 2.39. The maximum Gasteiger partial charge on any atom is 0.197 e. The molecule has 0 atom stereocenters. The highest BCUT2D eigenvalue weighted by Gasteiger charge is 2.13. The molecular formula is C14H11F2N3S. The zero-order valence-electron chi connectivity index (χ0n) is 10.9. The summed E-state index contributed by atoms with van der Waals surface area (Å²) in [4.78, 5) is 0. The largest absolute Gasteiger partial charge is 0.303 e. The van der Waals surface area contributed by atoms with Gasteiger partial charge in [0.1, 0.15) is 0 Å². The number of benzene rings is 2. The highest BCUT2D eigenvalue weighted by Crippen LogP contribution is 2.29. The van der Waals surface area contributed by atoms with Crippen LogP contribution in [0.2, 0.25) is 0 Å². The van der Waals surface area contributed by atoms with Gasteiger partial charge in [-0.3, -0.25) is 0 Å². The van der Waals surface area contributed by atoms with Gasteiger partial charge in [0.15, 0.2) is 22.2 Å². The number of aryl methyl sites for hydroxylation is 1. The minimum Gasteiger partial charge on any atom is -0.303 e. The first kappa shape index (κ1) is 12.9. The van der Waals surface area contributed by atoms with Crippen LogP contribution in [-0.2, 0) is 14.1 Å². The zero-order valence-corrected chi connectivity index (χ0v) is 11.7. The van der Waals surface area contributed by atoms with E-state index in [0.717, 1.165) is 5.56 Å². The van der Waals surface area contributed by atoms with Gasteiger partial charge in [0.2, 0.25) is 0 Å². The molecule has 0 saturated heterocycles. The molecule has 0 unspecified atom stereocenters. The van der Waals surface area contributed by atoms with E-state index in [-0.39, 0.29) is 0 Å². The predicted molar refractivity (Wildman–Crippen MR) is 75.9 cm³/mol. The Morgan fingerprint density at radius 2 is 1.80 bits per heavy atom. The van der Waals surface area contributed by atoms with Crippen molar-refractivity contribution in [3.8, 4) is 11.4 Å². The van der Waals surface area contributed by atoms with E-state index in [1.165, 1.54) is 12.1 Å². The summed E-state index contributed by atoms with van der Waals surface area (Å²) in [5.74, 6) is -1.11. The standard InChI is InChI=1S/C14H11F2N3S/c1-18-13(17-19(2)14(18)20)9-5-3-4-8-6-11(15)12(16)7-10(8)9/h3-7H,1-2H3. The van der Waals surface area contributed by atoms with Gasteiger partial charge in [-0.05, 0) is 35.1 Å². The molecule has 0 aliphatic rings. The van der Waals surface area contributed by atoms with Gasteiger partial charge in [0.05, 0.1) is 0 Å². The molecule has 1 aromatic heterocycles. The van der Waals surface area contributed by atoms with Crippen molar-refractivity contribution in [3.05, 3.63) is 46.7 Å². The van der Waals surface area contributed by atoms with Crippen molar-refractivity contribution in [2.45, 2.75) is 0 Å². The molecule has 20 heavy (non-hydrogen) atoms. The van der Waals surface area contributed by atoms with Crippen molar-refractivity contribution < 1.29 is 8.78 Å². The van der Waals surface area contributed by atoms with Crippen LogP contribution in [0.5, 0.6) is 0 Å². The van der Waals surface area contributed by atoms with E-state index >= 15 is 0 Å². The smallest absolute Gasteiger partial charge is 0.197 e. The fourth-order valence-electron chi connectivity index (χ4n) is 2.26. The molecular weight excluding hydrogens is 280 g/mol. The number of rotatable bonds is 1. The predicted octanol–water partition coefficient (Wildman–Crippen LogP) is 3.59. The Labute approximate surface area is 119 Å². The molecule has 0 aliphatic carbocycles. The third-order valence-electron chi connectivity index (χ3n) is 3.29. The van der Waals surface area contributed by atoms with Gasteiger partial charge < -0.3 is 4.57 Å². The first-order valence-electron chi connectivity index (χ1n) is 5.97. The average Bonchev–Trinajstić information content (AvgIpc) is 2.67. The minimum absolute atomic E-state index is 0.555. The summed E-state index contributed by atoms with van der Waals surface area (Å²) in [6.45, 7) is 0. The first-order chi connectivity index (χ1) is 9.49. The van der Waals surface area contributed by atoms with Crippen LogP contribution in [0.4, 0.5) is 8.78 Å². The summed E-state index contributed by atoms with van der Waals surface area (Å²) < 4.78 is 30.7. The van der Waals surface area contributed by atoms with Crippen LogP contribution in [0, 0.1) is 16.4 Å².